The minimum atomic E-state index is -0.579. The number of nitrogens with one attached hydrogen (secondary N) is 1. The van der Waals surface area contributed by atoms with Gasteiger partial charge in [0, 0.05) is 10.8 Å². The van der Waals surface area contributed by atoms with Crippen molar-refractivity contribution in [2.24, 2.45) is 10.8 Å². The average Bonchev–Trinajstić information content (AvgIpc) is 3.24. The molecule has 0 radical (unpaired) electrons. The second kappa shape index (κ2) is 8.54. The summed E-state index contributed by atoms with van der Waals surface area (Å²) in [5.41, 5.74) is 10.2. The first-order chi connectivity index (χ1) is 13.7. The fraction of sp³-hybridized carbons (Fsp3) is 0.105. The molecule has 2 heterocycles. The SMILES string of the molecule is CC(=NNC(=O)c1csc(C(N)=O)c1C)c1csc(-c2ccc(Cl)c(Cl)c2)c1O. The number of primary amides is 1. The van der Waals surface area contributed by atoms with Crippen LogP contribution < -0.4 is 11.2 Å². The van der Waals surface area contributed by atoms with Crippen LogP contribution >= 0.6 is 45.9 Å². The summed E-state index contributed by atoms with van der Waals surface area (Å²) in [5.74, 6) is -1.01. The molecule has 150 valence electrons. The van der Waals surface area contributed by atoms with Crippen LogP contribution in [0, 0.1) is 6.92 Å². The third-order valence-electron chi connectivity index (χ3n) is 4.17. The van der Waals surface area contributed by atoms with Gasteiger partial charge in [0.15, 0.2) is 0 Å². The van der Waals surface area contributed by atoms with Crippen molar-refractivity contribution in [3.05, 3.63) is 60.6 Å². The van der Waals surface area contributed by atoms with E-state index in [2.05, 4.69) is 10.5 Å². The molecule has 0 unspecified atom stereocenters. The zero-order chi connectivity index (χ0) is 21.3. The number of aromatic hydroxyl groups is 1. The lowest BCUT2D eigenvalue weighted by atomic mass is 10.1. The van der Waals surface area contributed by atoms with Gasteiger partial charge in [-0.2, -0.15) is 5.10 Å². The van der Waals surface area contributed by atoms with Gasteiger partial charge in [-0.15, -0.1) is 22.7 Å². The van der Waals surface area contributed by atoms with Gasteiger partial charge in [-0.25, -0.2) is 5.43 Å². The van der Waals surface area contributed by atoms with Gasteiger partial charge in [0.1, 0.15) is 5.75 Å². The molecule has 0 spiro atoms. The van der Waals surface area contributed by atoms with E-state index in [0.717, 1.165) is 16.9 Å². The molecule has 0 fully saturated rings. The van der Waals surface area contributed by atoms with Crippen LogP contribution in [0.1, 0.15) is 38.1 Å². The number of halogens is 2. The number of benzene rings is 1. The summed E-state index contributed by atoms with van der Waals surface area (Å²) >= 11 is 14.4. The summed E-state index contributed by atoms with van der Waals surface area (Å²) in [4.78, 5) is 24.6. The number of thiophene rings is 2. The van der Waals surface area contributed by atoms with Crippen molar-refractivity contribution in [3.63, 3.8) is 0 Å². The molecular formula is C19H15Cl2N3O3S2. The normalized spacial score (nSPS) is 11.5. The van der Waals surface area contributed by atoms with Crippen molar-refractivity contribution in [1.82, 2.24) is 5.43 Å². The second-order valence-electron chi connectivity index (χ2n) is 6.06. The van der Waals surface area contributed by atoms with Crippen molar-refractivity contribution in [2.45, 2.75) is 13.8 Å². The number of hydrogen-bond donors (Lipinski definition) is 3. The lowest BCUT2D eigenvalue weighted by molar-refractivity contribution is 0.0954. The Morgan fingerprint density at radius 1 is 1.14 bits per heavy atom. The van der Waals surface area contributed by atoms with E-state index in [9.17, 15) is 14.7 Å². The first-order valence-electron chi connectivity index (χ1n) is 8.19. The largest absolute Gasteiger partial charge is 0.506 e. The topological polar surface area (TPSA) is 105 Å². The summed E-state index contributed by atoms with van der Waals surface area (Å²) in [6.07, 6.45) is 0. The van der Waals surface area contributed by atoms with Crippen LogP contribution in [0.2, 0.25) is 10.0 Å². The fourth-order valence-electron chi connectivity index (χ4n) is 2.59. The van der Waals surface area contributed by atoms with Gasteiger partial charge in [-0.1, -0.05) is 29.3 Å². The zero-order valence-corrected chi connectivity index (χ0v) is 18.4. The molecule has 0 aliphatic rings. The van der Waals surface area contributed by atoms with Crippen molar-refractivity contribution < 1.29 is 14.7 Å². The van der Waals surface area contributed by atoms with E-state index in [1.54, 1.807) is 42.8 Å². The predicted octanol–water partition coefficient (Wildman–Crippen LogP) is 5.05. The van der Waals surface area contributed by atoms with Crippen LogP contribution in [0.25, 0.3) is 10.4 Å². The highest BCUT2D eigenvalue weighted by Crippen LogP contribution is 2.40. The number of rotatable bonds is 5. The van der Waals surface area contributed by atoms with Gasteiger partial charge in [-0.3, -0.25) is 9.59 Å². The van der Waals surface area contributed by atoms with E-state index in [1.807, 2.05) is 0 Å². The first kappa shape index (κ1) is 21.3. The molecule has 0 saturated heterocycles. The number of carbonyl (C=O) groups excluding carboxylic acids is 2. The molecule has 3 aromatic rings. The van der Waals surface area contributed by atoms with Gasteiger partial charge in [0.25, 0.3) is 11.8 Å². The van der Waals surface area contributed by atoms with E-state index >= 15 is 0 Å². The minimum Gasteiger partial charge on any atom is -0.506 e. The monoisotopic (exact) mass is 467 g/mol. The molecule has 0 aliphatic carbocycles. The lowest BCUT2D eigenvalue weighted by Gasteiger charge is -2.04. The summed E-state index contributed by atoms with van der Waals surface area (Å²) in [7, 11) is 0. The van der Waals surface area contributed by atoms with Crippen molar-refractivity contribution in [3.8, 4) is 16.2 Å². The smallest absolute Gasteiger partial charge is 0.272 e. The van der Waals surface area contributed by atoms with Crippen LogP contribution in [0.5, 0.6) is 5.75 Å². The number of nitrogens with zero attached hydrogens (tertiary/aromatic N) is 1. The van der Waals surface area contributed by atoms with Crippen LogP contribution in [0.4, 0.5) is 0 Å². The molecule has 1 aromatic carbocycles. The Bertz CT molecular complexity index is 1150. The molecule has 29 heavy (non-hydrogen) atoms. The third kappa shape index (κ3) is 4.30. The molecule has 10 heteroatoms. The average molecular weight is 468 g/mol. The standard InChI is InChI=1S/C19H15Cl2N3O3S2/c1-8-11(6-28-16(8)18(22)26)19(27)24-23-9(2)12-7-29-17(15(12)25)10-3-4-13(20)14(21)5-10/h3-7,25H,1-2H3,(H2,22,26)(H,24,27). The van der Waals surface area contributed by atoms with E-state index in [0.29, 0.717) is 42.2 Å². The summed E-state index contributed by atoms with van der Waals surface area (Å²) in [6, 6.07) is 5.08. The molecule has 2 amide bonds. The Morgan fingerprint density at radius 2 is 1.83 bits per heavy atom. The van der Waals surface area contributed by atoms with E-state index in [1.165, 1.54) is 11.3 Å². The molecule has 0 aliphatic heterocycles. The van der Waals surface area contributed by atoms with E-state index in [-0.39, 0.29) is 5.75 Å². The van der Waals surface area contributed by atoms with Gasteiger partial charge in [0.05, 0.1) is 36.6 Å². The fourth-order valence-corrected chi connectivity index (χ4v) is 4.81. The van der Waals surface area contributed by atoms with Crippen LogP contribution in [-0.4, -0.2) is 22.6 Å². The van der Waals surface area contributed by atoms with Gasteiger partial charge in [0.2, 0.25) is 0 Å². The van der Waals surface area contributed by atoms with Gasteiger partial charge >= 0.3 is 0 Å². The summed E-state index contributed by atoms with van der Waals surface area (Å²) in [5, 5.41) is 18.8. The van der Waals surface area contributed by atoms with E-state index < -0.39 is 11.8 Å². The number of carbonyl (C=O) groups is 2. The number of hydrazone groups is 1. The Balaban J connectivity index is 1.82. The molecular weight excluding hydrogens is 453 g/mol. The second-order valence-corrected chi connectivity index (χ2v) is 8.64. The molecule has 0 saturated carbocycles. The first-order valence-corrected chi connectivity index (χ1v) is 10.7. The number of nitrogens with two attached hydrogens (primary N) is 1. The summed E-state index contributed by atoms with van der Waals surface area (Å²) < 4.78 is 0. The highest BCUT2D eigenvalue weighted by molar-refractivity contribution is 7.14. The maximum absolute atomic E-state index is 12.4. The molecule has 3 rings (SSSR count). The van der Waals surface area contributed by atoms with Crippen molar-refractivity contribution >= 4 is 63.4 Å². The molecule has 2 aromatic heterocycles. The van der Waals surface area contributed by atoms with Crippen LogP contribution in [0.15, 0.2) is 34.1 Å². The Kier molecular flexibility index (Phi) is 6.28. The van der Waals surface area contributed by atoms with Gasteiger partial charge in [-0.05, 0) is 37.1 Å². The maximum Gasteiger partial charge on any atom is 0.272 e. The Hall–Kier alpha value is -2.39. The Morgan fingerprint density at radius 3 is 2.45 bits per heavy atom. The Labute approximate surface area is 184 Å². The molecule has 0 bridgehead atoms. The summed E-state index contributed by atoms with van der Waals surface area (Å²) in [6.45, 7) is 3.31. The third-order valence-corrected chi connectivity index (χ3v) is 7.02. The molecule has 4 N–H and O–H groups in total. The highest BCUT2D eigenvalue weighted by Gasteiger charge is 2.18. The van der Waals surface area contributed by atoms with Crippen LogP contribution in [-0.2, 0) is 0 Å². The zero-order valence-electron chi connectivity index (χ0n) is 15.2. The number of hydrogen-bond acceptors (Lipinski definition) is 6. The van der Waals surface area contributed by atoms with Crippen molar-refractivity contribution in [2.75, 3.05) is 0 Å². The predicted molar refractivity (Wildman–Crippen MR) is 119 cm³/mol. The highest BCUT2D eigenvalue weighted by atomic mass is 35.5. The lowest BCUT2D eigenvalue weighted by Crippen LogP contribution is -2.20. The van der Waals surface area contributed by atoms with Gasteiger partial charge < -0.3 is 10.8 Å². The number of amides is 2. The molecule has 6 nitrogen and oxygen atoms in total. The minimum absolute atomic E-state index is 0.0339. The maximum atomic E-state index is 12.4. The van der Waals surface area contributed by atoms with Crippen LogP contribution in [0.3, 0.4) is 0 Å². The quantitative estimate of drug-likeness (QED) is 0.361. The van der Waals surface area contributed by atoms with Crippen molar-refractivity contribution in [1.29, 1.82) is 0 Å². The molecule has 0 atom stereocenters. The van der Waals surface area contributed by atoms with E-state index in [4.69, 9.17) is 28.9 Å².